The molecule has 1 aromatic heterocycles. The average molecular weight is 402 g/mol. The Bertz CT molecular complexity index is 909. The summed E-state index contributed by atoms with van der Waals surface area (Å²) >= 11 is 6.41. The Morgan fingerprint density at radius 3 is 2.61 bits per heavy atom. The summed E-state index contributed by atoms with van der Waals surface area (Å²) in [5.41, 5.74) is 0.920. The van der Waals surface area contributed by atoms with Crippen LogP contribution in [0, 0.1) is 6.92 Å². The van der Waals surface area contributed by atoms with Gasteiger partial charge in [0.2, 0.25) is 0 Å². The number of imide groups is 1. The SMILES string of the molecule is CCCCn1nc(C)c(C=NN2C(=O)N[C@@](CC)(c3ccccc3)C2=O)c1Cl. The summed E-state index contributed by atoms with van der Waals surface area (Å²) in [6, 6.07) is 8.64. The maximum atomic E-state index is 13.1. The first-order valence-corrected chi connectivity index (χ1v) is 9.81. The molecule has 0 spiro atoms. The maximum absolute atomic E-state index is 13.1. The number of hydrogen-bond acceptors (Lipinski definition) is 4. The highest BCUT2D eigenvalue weighted by Gasteiger charge is 2.51. The predicted octanol–water partition coefficient (Wildman–Crippen LogP) is 3.84. The smallest absolute Gasteiger partial charge is 0.318 e. The zero-order valence-electron chi connectivity index (χ0n) is 16.3. The van der Waals surface area contributed by atoms with Gasteiger partial charge in [0, 0.05) is 6.54 Å². The van der Waals surface area contributed by atoms with Crippen molar-refractivity contribution in [3.05, 3.63) is 52.3 Å². The van der Waals surface area contributed by atoms with Gasteiger partial charge in [-0.25, -0.2) is 4.79 Å². The number of carbonyl (C=O) groups excluding carboxylic acids is 2. The Kier molecular flexibility index (Phi) is 5.84. The zero-order valence-corrected chi connectivity index (χ0v) is 17.0. The molecule has 28 heavy (non-hydrogen) atoms. The molecule has 0 aliphatic carbocycles. The fraction of sp³-hybridized carbons (Fsp3) is 0.400. The fourth-order valence-corrected chi connectivity index (χ4v) is 3.62. The highest BCUT2D eigenvalue weighted by molar-refractivity contribution is 6.32. The molecule has 1 aromatic carbocycles. The number of nitrogens with zero attached hydrogens (tertiary/aromatic N) is 4. The molecule has 8 heteroatoms. The number of hydrazone groups is 1. The first kappa shape index (κ1) is 20.1. The van der Waals surface area contributed by atoms with E-state index in [2.05, 4.69) is 22.4 Å². The number of aryl methyl sites for hydroxylation is 2. The molecule has 1 N–H and O–H groups in total. The lowest BCUT2D eigenvalue weighted by Crippen LogP contribution is -2.43. The van der Waals surface area contributed by atoms with Crippen molar-refractivity contribution in [1.82, 2.24) is 20.1 Å². The van der Waals surface area contributed by atoms with E-state index in [1.165, 1.54) is 6.21 Å². The van der Waals surface area contributed by atoms with Crippen LogP contribution in [-0.2, 0) is 16.9 Å². The zero-order chi connectivity index (χ0) is 20.3. The second-order valence-corrected chi connectivity index (χ2v) is 7.14. The lowest BCUT2D eigenvalue weighted by Gasteiger charge is -2.24. The van der Waals surface area contributed by atoms with Gasteiger partial charge < -0.3 is 5.32 Å². The standard InChI is InChI=1S/C20H24ClN5O2/c1-4-6-12-25-17(21)16(14(3)24-25)13-22-26-18(27)20(5-2,23-19(26)28)15-10-8-7-9-11-15/h7-11,13H,4-6,12H2,1-3H3,(H,23,28)/t20-/m0/s1. The van der Waals surface area contributed by atoms with Crippen molar-refractivity contribution in [1.29, 1.82) is 0 Å². The minimum atomic E-state index is -1.11. The fourth-order valence-electron chi connectivity index (χ4n) is 3.31. The maximum Gasteiger partial charge on any atom is 0.346 e. The van der Waals surface area contributed by atoms with Crippen molar-refractivity contribution in [3.8, 4) is 0 Å². The Morgan fingerprint density at radius 1 is 1.25 bits per heavy atom. The van der Waals surface area contributed by atoms with Crippen LogP contribution >= 0.6 is 11.6 Å². The molecule has 1 saturated heterocycles. The molecule has 0 unspecified atom stereocenters. The number of halogens is 1. The van der Waals surface area contributed by atoms with Crippen molar-refractivity contribution in [2.45, 2.75) is 52.1 Å². The van der Waals surface area contributed by atoms with E-state index >= 15 is 0 Å². The second kappa shape index (κ2) is 8.14. The molecule has 2 heterocycles. The van der Waals surface area contributed by atoms with Crippen LogP contribution in [0.4, 0.5) is 4.79 Å². The first-order chi connectivity index (χ1) is 13.4. The molecule has 0 saturated carbocycles. The Balaban J connectivity index is 1.88. The number of urea groups is 1. The van der Waals surface area contributed by atoms with E-state index in [-0.39, 0.29) is 0 Å². The molecule has 2 aromatic rings. The largest absolute Gasteiger partial charge is 0.346 e. The van der Waals surface area contributed by atoms with Gasteiger partial charge in [-0.1, -0.05) is 62.2 Å². The van der Waals surface area contributed by atoms with E-state index in [0.717, 1.165) is 23.4 Å². The van der Waals surface area contributed by atoms with Gasteiger partial charge in [-0.05, 0) is 25.3 Å². The van der Waals surface area contributed by atoms with Crippen LogP contribution in [0.2, 0.25) is 5.15 Å². The van der Waals surface area contributed by atoms with Crippen LogP contribution in [0.1, 0.15) is 49.9 Å². The Labute approximate surface area is 169 Å². The average Bonchev–Trinajstić information content (AvgIpc) is 3.12. The molecule has 1 aliphatic heterocycles. The van der Waals surface area contributed by atoms with Gasteiger partial charge in [0.05, 0.1) is 17.5 Å². The summed E-state index contributed by atoms with van der Waals surface area (Å²) < 4.78 is 1.72. The molecule has 7 nitrogen and oxygen atoms in total. The molecule has 3 amide bonds. The molecule has 0 bridgehead atoms. The minimum absolute atomic E-state index is 0.408. The van der Waals surface area contributed by atoms with Crippen molar-refractivity contribution in [2.24, 2.45) is 5.10 Å². The topological polar surface area (TPSA) is 79.6 Å². The quantitative estimate of drug-likeness (QED) is 0.565. The number of carbonyl (C=O) groups is 2. The highest BCUT2D eigenvalue weighted by atomic mass is 35.5. The third-order valence-electron chi connectivity index (χ3n) is 5.00. The van der Waals surface area contributed by atoms with E-state index in [1.807, 2.05) is 44.2 Å². The van der Waals surface area contributed by atoms with Gasteiger partial charge in [0.1, 0.15) is 10.7 Å². The number of hydrogen-bond donors (Lipinski definition) is 1. The summed E-state index contributed by atoms with van der Waals surface area (Å²) in [6.07, 6.45) is 3.84. The van der Waals surface area contributed by atoms with Gasteiger partial charge in [-0.2, -0.15) is 10.2 Å². The third kappa shape index (κ3) is 3.42. The van der Waals surface area contributed by atoms with Gasteiger partial charge in [0.15, 0.2) is 0 Å². The van der Waals surface area contributed by atoms with Crippen LogP contribution < -0.4 is 5.32 Å². The Hall–Kier alpha value is -2.67. The summed E-state index contributed by atoms with van der Waals surface area (Å²) in [7, 11) is 0. The lowest BCUT2D eigenvalue weighted by atomic mass is 9.87. The molecule has 3 rings (SSSR count). The van der Waals surface area contributed by atoms with Gasteiger partial charge in [-0.3, -0.25) is 9.48 Å². The molecule has 1 aliphatic rings. The monoisotopic (exact) mass is 401 g/mol. The van der Waals surface area contributed by atoms with E-state index in [9.17, 15) is 9.59 Å². The molecular formula is C20H24ClN5O2. The van der Waals surface area contributed by atoms with Gasteiger partial charge >= 0.3 is 6.03 Å². The van der Waals surface area contributed by atoms with E-state index in [0.29, 0.717) is 29.4 Å². The predicted molar refractivity (Wildman–Crippen MR) is 108 cm³/mol. The minimum Gasteiger partial charge on any atom is -0.318 e. The van der Waals surface area contributed by atoms with Gasteiger partial charge in [-0.15, -0.1) is 5.01 Å². The second-order valence-electron chi connectivity index (χ2n) is 6.78. The van der Waals surface area contributed by atoms with Crippen LogP contribution in [0.3, 0.4) is 0 Å². The van der Waals surface area contributed by atoms with Gasteiger partial charge in [0.25, 0.3) is 5.91 Å². The van der Waals surface area contributed by atoms with Crippen molar-refractivity contribution < 1.29 is 9.59 Å². The normalized spacial score (nSPS) is 19.6. The van der Waals surface area contributed by atoms with Crippen LogP contribution in [0.5, 0.6) is 0 Å². The molecular weight excluding hydrogens is 378 g/mol. The summed E-state index contributed by atoms with van der Waals surface area (Å²) in [6.45, 7) is 6.48. The van der Waals surface area contributed by atoms with E-state index < -0.39 is 17.5 Å². The molecule has 1 fully saturated rings. The summed E-state index contributed by atoms with van der Waals surface area (Å²) in [5, 5.41) is 12.7. The van der Waals surface area contributed by atoms with Crippen LogP contribution in [0.15, 0.2) is 35.4 Å². The summed E-state index contributed by atoms with van der Waals surface area (Å²) in [5.74, 6) is -0.408. The Morgan fingerprint density at radius 2 is 1.96 bits per heavy atom. The summed E-state index contributed by atoms with van der Waals surface area (Å²) in [4.78, 5) is 25.6. The van der Waals surface area contributed by atoms with E-state index in [1.54, 1.807) is 4.68 Å². The lowest BCUT2D eigenvalue weighted by molar-refractivity contribution is -0.131. The number of unbranched alkanes of at least 4 members (excludes halogenated alkanes) is 1. The highest BCUT2D eigenvalue weighted by Crippen LogP contribution is 2.32. The van der Waals surface area contributed by atoms with E-state index in [4.69, 9.17) is 11.6 Å². The first-order valence-electron chi connectivity index (χ1n) is 9.43. The van der Waals surface area contributed by atoms with Crippen LogP contribution in [-0.4, -0.2) is 32.9 Å². The van der Waals surface area contributed by atoms with Crippen molar-refractivity contribution >= 4 is 29.8 Å². The number of rotatable bonds is 7. The third-order valence-corrected chi connectivity index (χ3v) is 5.40. The number of benzene rings is 1. The number of nitrogens with one attached hydrogen (secondary N) is 1. The van der Waals surface area contributed by atoms with Crippen molar-refractivity contribution in [3.63, 3.8) is 0 Å². The molecule has 0 radical (unpaired) electrons. The van der Waals surface area contributed by atoms with Crippen molar-refractivity contribution in [2.75, 3.05) is 0 Å². The number of aromatic nitrogens is 2. The molecule has 148 valence electrons. The van der Waals surface area contributed by atoms with Crippen LogP contribution in [0.25, 0.3) is 0 Å². The number of amides is 3. The molecule has 1 atom stereocenters.